The van der Waals surface area contributed by atoms with Gasteiger partial charge in [-0.15, -0.1) is 0 Å². The Balaban J connectivity index is 2.16. The Morgan fingerprint density at radius 2 is 1.82 bits per heavy atom. The van der Waals surface area contributed by atoms with Crippen molar-refractivity contribution in [1.29, 1.82) is 0 Å². The minimum absolute atomic E-state index is 0.101. The molecule has 0 aromatic heterocycles. The Kier molecular flexibility index (Phi) is 7.16. The lowest BCUT2D eigenvalue weighted by Gasteiger charge is -2.20. The zero-order valence-electron chi connectivity index (χ0n) is 10.9. The summed E-state index contributed by atoms with van der Waals surface area (Å²) in [6, 6.07) is 0. The van der Waals surface area contributed by atoms with Crippen LogP contribution >= 0.6 is 0 Å². The van der Waals surface area contributed by atoms with E-state index in [4.69, 9.17) is 9.47 Å². The molecular formula is C12H24N2O3. The second-order valence-corrected chi connectivity index (χ2v) is 4.51. The van der Waals surface area contributed by atoms with Crippen LogP contribution in [0.4, 0.5) is 0 Å². The second kappa shape index (κ2) is 8.44. The molecule has 0 aromatic carbocycles. The van der Waals surface area contributed by atoms with Gasteiger partial charge in [0, 0.05) is 33.9 Å². The molecule has 0 aliphatic heterocycles. The summed E-state index contributed by atoms with van der Waals surface area (Å²) in [5.74, 6) is 0.828. The van der Waals surface area contributed by atoms with Crippen LogP contribution in [0.3, 0.4) is 0 Å². The third-order valence-corrected chi connectivity index (χ3v) is 2.88. The lowest BCUT2D eigenvalue weighted by atomic mass is 10.4. The monoisotopic (exact) mass is 244 g/mol. The molecule has 1 aliphatic rings. The molecule has 0 heterocycles. The van der Waals surface area contributed by atoms with Gasteiger partial charge in [0.05, 0.1) is 19.8 Å². The molecule has 1 rings (SSSR count). The highest BCUT2D eigenvalue weighted by atomic mass is 16.5. The smallest absolute Gasteiger partial charge is 0.234 e. The Bertz CT molecular complexity index is 212. The average molecular weight is 244 g/mol. The Morgan fingerprint density at radius 3 is 2.29 bits per heavy atom. The van der Waals surface area contributed by atoms with Crippen molar-refractivity contribution < 1.29 is 14.3 Å². The van der Waals surface area contributed by atoms with Gasteiger partial charge < -0.3 is 14.8 Å². The molecule has 0 radical (unpaired) electrons. The van der Waals surface area contributed by atoms with Crippen LogP contribution in [0, 0.1) is 5.92 Å². The molecule has 0 aromatic rings. The third kappa shape index (κ3) is 7.31. The Labute approximate surface area is 103 Å². The SMILES string of the molecule is COCCN(CCOC)CC(=O)NCC1CC1. The van der Waals surface area contributed by atoms with Crippen LogP contribution in [0.5, 0.6) is 0 Å². The first-order chi connectivity index (χ1) is 8.26. The summed E-state index contributed by atoms with van der Waals surface area (Å²) in [4.78, 5) is 13.7. The number of hydrogen-bond acceptors (Lipinski definition) is 4. The van der Waals surface area contributed by atoms with Gasteiger partial charge in [0.15, 0.2) is 0 Å². The van der Waals surface area contributed by atoms with Gasteiger partial charge in [-0.2, -0.15) is 0 Å². The van der Waals surface area contributed by atoms with Crippen LogP contribution in [-0.4, -0.2) is 64.4 Å². The van der Waals surface area contributed by atoms with E-state index in [2.05, 4.69) is 10.2 Å². The van der Waals surface area contributed by atoms with Gasteiger partial charge >= 0.3 is 0 Å². The van der Waals surface area contributed by atoms with Gasteiger partial charge in [-0.05, 0) is 18.8 Å². The number of amides is 1. The lowest BCUT2D eigenvalue weighted by Crippen LogP contribution is -2.40. The van der Waals surface area contributed by atoms with Crippen molar-refractivity contribution >= 4 is 5.91 Å². The van der Waals surface area contributed by atoms with Crippen molar-refractivity contribution in [3.63, 3.8) is 0 Å². The summed E-state index contributed by atoms with van der Waals surface area (Å²) < 4.78 is 10.1. The predicted octanol–water partition coefficient (Wildman–Crippen LogP) is 0.107. The van der Waals surface area contributed by atoms with Crippen LogP contribution in [-0.2, 0) is 14.3 Å². The number of ether oxygens (including phenoxy) is 2. The van der Waals surface area contributed by atoms with Crippen molar-refractivity contribution in [1.82, 2.24) is 10.2 Å². The van der Waals surface area contributed by atoms with Crippen molar-refractivity contribution in [2.45, 2.75) is 12.8 Å². The molecule has 0 bridgehead atoms. The highest BCUT2D eigenvalue weighted by Gasteiger charge is 2.21. The summed E-state index contributed by atoms with van der Waals surface area (Å²) >= 11 is 0. The van der Waals surface area contributed by atoms with Crippen molar-refractivity contribution in [3.05, 3.63) is 0 Å². The highest BCUT2D eigenvalue weighted by Crippen LogP contribution is 2.27. The zero-order valence-corrected chi connectivity index (χ0v) is 10.9. The van der Waals surface area contributed by atoms with E-state index in [-0.39, 0.29) is 5.91 Å². The minimum atomic E-state index is 0.101. The fraction of sp³-hybridized carbons (Fsp3) is 0.917. The number of hydrogen-bond donors (Lipinski definition) is 1. The van der Waals surface area contributed by atoms with Gasteiger partial charge in [-0.3, -0.25) is 9.69 Å². The van der Waals surface area contributed by atoms with Crippen molar-refractivity contribution in [2.75, 3.05) is 53.6 Å². The Morgan fingerprint density at radius 1 is 1.24 bits per heavy atom. The molecule has 1 N–H and O–H groups in total. The van der Waals surface area contributed by atoms with E-state index in [0.29, 0.717) is 19.8 Å². The molecule has 1 fully saturated rings. The van der Waals surface area contributed by atoms with E-state index in [9.17, 15) is 4.79 Å². The van der Waals surface area contributed by atoms with Gasteiger partial charge in [-0.1, -0.05) is 0 Å². The largest absolute Gasteiger partial charge is 0.383 e. The van der Waals surface area contributed by atoms with Gasteiger partial charge in [0.25, 0.3) is 0 Å². The van der Waals surface area contributed by atoms with Crippen molar-refractivity contribution in [2.24, 2.45) is 5.92 Å². The molecule has 0 unspecified atom stereocenters. The summed E-state index contributed by atoms with van der Waals surface area (Å²) in [5, 5.41) is 2.97. The summed E-state index contributed by atoms with van der Waals surface area (Å²) in [6.07, 6.45) is 2.52. The standard InChI is InChI=1S/C12H24N2O3/c1-16-7-5-14(6-8-17-2)10-12(15)13-9-11-3-4-11/h11H,3-10H2,1-2H3,(H,13,15). The number of methoxy groups -OCH3 is 2. The zero-order chi connectivity index (χ0) is 12.5. The van der Waals surface area contributed by atoms with Crippen LogP contribution in [0.2, 0.25) is 0 Å². The molecule has 5 nitrogen and oxygen atoms in total. The Hall–Kier alpha value is -0.650. The molecule has 1 aliphatic carbocycles. The number of nitrogens with zero attached hydrogens (tertiary/aromatic N) is 1. The van der Waals surface area contributed by atoms with Gasteiger partial charge in [0.2, 0.25) is 5.91 Å². The van der Waals surface area contributed by atoms with Gasteiger partial charge in [-0.25, -0.2) is 0 Å². The van der Waals surface area contributed by atoms with Crippen LogP contribution in [0.25, 0.3) is 0 Å². The molecule has 100 valence electrons. The normalized spacial score (nSPS) is 15.2. The first-order valence-electron chi connectivity index (χ1n) is 6.23. The van der Waals surface area contributed by atoms with E-state index >= 15 is 0 Å². The summed E-state index contributed by atoms with van der Waals surface area (Å²) in [7, 11) is 3.34. The van der Waals surface area contributed by atoms with E-state index < -0.39 is 0 Å². The first kappa shape index (κ1) is 14.4. The highest BCUT2D eigenvalue weighted by molar-refractivity contribution is 5.78. The van der Waals surface area contributed by atoms with E-state index in [1.165, 1.54) is 12.8 Å². The second-order valence-electron chi connectivity index (χ2n) is 4.51. The number of rotatable bonds is 10. The summed E-state index contributed by atoms with van der Waals surface area (Å²) in [5.41, 5.74) is 0. The topological polar surface area (TPSA) is 50.8 Å². The fourth-order valence-corrected chi connectivity index (χ4v) is 1.55. The van der Waals surface area contributed by atoms with Crippen LogP contribution in [0.15, 0.2) is 0 Å². The molecule has 1 amide bonds. The minimum Gasteiger partial charge on any atom is -0.383 e. The summed E-state index contributed by atoms with van der Waals surface area (Å²) in [6.45, 7) is 4.06. The predicted molar refractivity (Wildman–Crippen MR) is 65.9 cm³/mol. The lowest BCUT2D eigenvalue weighted by molar-refractivity contribution is -0.122. The fourth-order valence-electron chi connectivity index (χ4n) is 1.55. The van der Waals surface area contributed by atoms with Crippen molar-refractivity contribution in [3.8, 4) is 0 Å². The average Bonchev–Trinajstić information content (AvgIpc) is 3.14. The maximum absolute atomic E-state index is 11.7. The first-order valence-corrected chi connectivity index (χ1v) is 6.23. The number of nitrogens with one attached hydrogen (secondary N) is 1. The van der Waals surface area contributed by atoms with Crippen LogP contribution in [0.1, 0.15) is 12.8 Å². The molecule has 0 atom stereocenters. The van der Waals surface area contributed by atoms with Gasteiger partial charge in [0.1, 0.15) is 0 Å². The third-order valence-electron chi connectivity index (χ3n) is 2.88. The van der Waals surface area contributed by atoms with E-state index in [0.717, 1.165) is 25.6 Å². The molecule has 0 spiro atoms. The quantitative estimate of drug-likeness (QED) is 0.592. The maximum atomic E-state index is 11.7. The maximum Gasteiger partial charge on any atom is 0.234 e. The molecular weight excluding hydrogens is 220 g/mol. The molecule has 17 heavy (non-hydrogen) atoms. The van der Waals surface area contributed by atoms with E-state index in [1.807, 2.05) is 0 Å². The van der Waals surface area contributed by atoms with Crippen LogP contribution < -0.4 is 5.32 Å². The molecule has 0 saturated heterocycles. The number of carbonyl (C=O) groups is 1. The molecule has 1 saturated carbocycles. The van der Waals surface area contributed by atoms with E-state index in [1.54, 1.807) is 14.2 Å². The number of carbonyl (C=O) groups excluding carboxylic acids is 1. The molecule has 5 heteroatoms.